The molecule has 0 aliphatic carbocycles. The average molecular weight is 447 g/mol. The van der Waals surface area contributed by atoms with Gasteiger partial charge in [0.15, 0.2) is 22.0 Å². The monoisotopic (exact) mass is 447 g/mol. The highest BCUT2D eigenvalue weighted by molar-refractivity contribution is 6.14. The van der Waals surface area contributed by atoms with Crippen LogP contribution in [0.5, 0.6) is 0 Å². The molecule has 6 rings (SSSR count). The van der Waals surface area contributed by atoms with Gasteiger partial charge in [-0.2, -0.15) is 0 Å². The minimum absolute atomic E-state index is 0.174. The number of aromatic amines is 1. The van der Waals surface area contributed by atoms with Gasteiger partial charge < -0.3 is 20.0 Å². The molecule has 34 heavy (non-hydrogen) atoms. The maximum Gasteiger partial charge on any atom is 0.196 e. The lowest BCUT2D eigenvalue weighted by Crippen LogP contribution is -2.18. The van der Waals surface area contributed by atoms with Crippen molar-refractivity contribution in [2.45, 2.75) is 0 Å². The molecule has 0 unspecified atom stereocenters. The third-order valence-corrected chi connectivity index (χ3v) is 6.07. The zero-order chi connectivity index (χ0) is 23.1. The number of anilines is 2. The van der Waals surface area contributed by atoms with E-state index in [1.54, 1.807) is 30.3 Å². The van der Waals surface area contributed by atoms with Crippen LogP contribution in [0.15, 0.2) is 98.9 Å². The van der Waals surface area contributed by atoms with Gasteiger partial charge in [-0.05, 0) is 24.3 Å². The lowest BCUT2D eigenvalue weighted by atomic mass is 9.99. The minimum Gasteiger partial charge on any atom is -0.453 e. The van der Waals surface area contributed by atoms with Crippen molar-refractivity contribution in [3.05, 3.63) is 105 Å². The molecule has 6 aromatic rings. The molecule has 0 amide bonds. The lowest BCUT2D eigenvalue weighted by molar-refractivity contribution is 0.657. The Labute approximate surface area is 193 Å². The maximum atomic E-state index is 13.6. The molecule has 0 spiro atoms. The Morgan fingerprint density at radius 2 is 1.32 bits per heavy atom. The normalized spacial score (nSPS) is 11.4. The van der Waals surface area contributed by atoms with E-state index < -0.39 is 0 Å². The molecule has 6 nitrogen and oxygen atoms in total. The van der Waals surface area contributed by atoms with E-state index in [4.69, 9.17) is 4.42 Å². The van der Waals surface area contributed by atoms with E-state index in [-0.39, 0.29) is 10.9 Å². The lowest BCUT2D eigenvalue weighted by Gasteiger charge is -2.14. The van der Waals surface area contributed by atoms with E-state index in [1.807, 2.05) is 54.6 Å². The fraction of sp³-hybridized carbons (Fsp3) is 0.0714. The summed E-state index contributed by atoms with van der Waals surface area (Å²) in [6.45, 7) is 1.18. The second-order valence-electron chi connectivity index (χ2n) is 8.19. The quantitative estimate of drug-likeness (QED) is 0.185. The summed E-state index contributed by atoms with van der Waals surface area (Å²) in [5, 5.41) is 8.25. The Bertz CT molecular complexity index is 1800. The first kappa shape index (κ1) is 20.1. The van der Waals surface area contributed by atoms with E-state index in [2.05, 4.69) is 15.6 Å². The van der Waals surface area contributed by atoms with E-state index in [9.17, 15) is 9.59 Å². The number of nitrogens with one attached hydrogen (secondary N) is 3. The van der Waals surface area contributed by atoms with E-state index >= 15 is 0 Å². The highest BCUT2D eigenvalue weighted by Gasteiger charge is 2.18. The molecule has 5 aromatic carbocycles. The first-order valence-corrected chi connectivity index (χ1v) is 11.2. The predicted molar refractivity (Wildman–Crippen MR) is 139 cm³/mol. The number of aromatic nitrogens is 1. The van der Waals surface area contributed by atoms with Gasteiger partial charge in [0.1, 0.15) is 0 Å². The van der Waals surface area contributed by atoms with Crippen LogP contribution in [0, 0.1) is 0 Å². The molecule has 0 fully saturated rings. The molecule has 0 bridgehead atoms. The Hall–Kier alpha value is -4.58. The zero-order valence-corrected chi connectivity index (χ0v) is 18.2. The van der Waals surface area contributed by atoms with E-state index in [1.165, 1.54) is 0 Å². The van der Waals surface area contributed by atoms with Crippen LogP contribution in [-0.4, -0.2) is 18.1 Å². The van der Waals surface area contributed by atoms with Crippen LogP contribution in [0.4, 0.5) is 11.4 Å². The van der Waals surface area contributed by atoms with E-state index in [0.717, 1.165) is 11.2 Å². The van der Waals surface area contributed by atoms with Crippen molar-refractivity contribution in [3.63, 3.8) is 0 Å². The second kappa shape index (κ2) is 8.08. The van der Waals surface area contributed by atoms with Gasteiger partial charge in [0, 0.05) is 35.6 Å². The van der Waals surface area contributed by atoms with Crippen molar-refractivity contribution in [1.82, 2.24) is 4.98 Å². The van der Waals surface area contributed by atoms with Gasteiger partial charge in [-0.1, -0.05) is 54.6 Å². The summed E-state index contributed by atoms with van der Waals surface area (Å²) in [6.07, 6.45) is 0. The summed E-state index contributed by atoms with van der Waals surface area (Å²) in [4.78, 5) is 30.5. The highest BCUT2D eigenvalue weighted by atomic mass is 16.3. The van der Waals surface area contributed by atoms with Gasteiger partial charge in [0.05, 0.1) is 27.5 Å². The Kier molecular flexibility index (Phi) is 4.77. The van der Waals surface area contributed by atoms with Gasteiger partial charge >= 0.3 is 0 Å². The van der Waals surface area contributed by atoms with Crippen LogP contribution in [0.25, 0.3) is 43.7 Å². The predicted octanol–water partition coefficient (Wildman–Crippen LogP) is 5.46. The molecule has 3 N–H and O–H groups in total. The van der Waals surface area contributed by atoms with E-state index in [0.29, 0.717) is 57.0 Å². The Balaban J connectivity index is 1.55. The van der Waals surface area contributed by atoms with Crippen molar-refractivity contribution >= 4 is 55.1 Å². The van der Waals surface area contributed by atoms with Gasteiger partial charge in [0.25, 0.3) is 0 Å². The van der Waals surface area contributed by atoms with Crippen LogP contribution >= 0.6 is 0 Å². The molecule has 0 saturated heterocycles. The first-order valence-electron chi connectivity index (χ1n) is 11.2. The van der Waals surface area contributed by atoms with Crippen LogP contribution < -0.4 is 21.5 Å². The molecule has 6 heteroatoms. The number of fused-ring (bicyclic) bond motifs is 5. The topological polar surface area (TPSA) is 87.1 Å². The molecule has 1 heterocycles. The van der Waals surface area contributed by atoms with Gasteiger partial charge in [0.2, 0.25) is 0 Å². The van der Waals surface area contributed by atoms with Crippen molar-refractivity contribution in [3.8, 4) is 0 Å². The third-order valence-electron chi connectivity index (χ3n) is 6.07. The standard InChI is InChI=1S/C28H21N3O3/c32-27-18-10-4-5-11-19(18)28(33)25-24(27)21(30-15-14-29-17-8-2-1-3-9-17)16-23-26(25)31-20-12-6-7-13-22(20)34-23/h1-13,16,29-31H,14-15H2. The molecule has 0 atom stereocenters. The number of H-pyrrole nitrogens is 1. The smallest absolute Gasteiger partial charge is 0.196 e. The summed E-state index contributed by atoms with van der Waals surface area (Å²) >= 11 is 0. The van der Waals surface area contributed by atoms with Crippen molar-refractivity contribution in [2.24, 2.45) is 0 Å². The summed E-state index contributed by atoms with van der Waals surface area (Å²) in [5.74, 6) is 0. The fourth-order valence-electron chi connectivity index (χ4n) is 4.49. The number of benzene rings is 5. The summed E-state index contributed by atoms with van der Waals surface area (Å²) < 4.78 is 6.15. The average Bonchev–Trinajstić information content (AvgIpc) is 2.88. The molecule has 1 aromatic heterocycles. The maximum absolute atomic E-state index is 13.6. The third kappa shape index (κ3) is 3.28. The van der Waals surface area contributed by atoms with Crippen molar-refractivity contribution < 1.29 is 4.42 Å². The minimum atomic E-state index is -0.192. The van der Waals surface area contributed by atoms with Crippen LogP contribution in [0.1, 0.15) is 0 Å². The number of hydrogen-bond acceptors (Lipinski definition) is 5. The fourth-order valence-corrected chi connectivity index (χ4v) is 4.49. The summed E-state index contributed by atoms with van der Waals surface area (Å²) in [6, 6.07) is 26.2. The van der Waals surface area contributed by atoms with Crippen molar-refractivity contribution in [1.29, 1.82) is 0 Å². The van der Waals surface area contributed by atoms with Crippen LogP contribution in [0.3, 0.4) is 0 Å². The number of rotatable bonds is 5. The molecule has 0 aliphatic rings. The Morgan fingerprint density at radius 1 is 0.676 bits per heavy atom. The largest absolute Gasteiger partial charge is 0.453 e. The number of para-hydroxylation sites is 3. The Morgan fingerprint density at radius 3 is 2.12 bits per heavy atom. The molecule has 0 radical (unpaired) electrons. The SMILES string of the molecule is O=c1c2ccccc2c(=O)c2c1c(NCCNc1ccccc1)cc1oc3ccccc3[nH]c12. The summed E-state index contributed by atoms with van der Waals surface area (Å²) in [7, 11) is 0. The molecule has 166 valence electrons. The van der Waals surface area contributed by atoms with Crippen LogP contribution in [-0.2, 0) is 0 Å². The zero-order valence-electron chi connectivity index (χ0n) is 18.2. The summed E-state index contributed by atoms with van der Waals surface area (Å²) in [5.41, 5.74) is 3.69. The van der Waals surface area contributed by atoms with Gasteiger partial charge in [-0.25, -0.2) is 0 Å². The molecular weight excluding hydrogens is 426 g/mol. The van der Waals surface area contributed by atoms with Crippen molar-refractivity contribution in [2.75, 3.05) is 23.7 Å². The van der Waals surface area contributed by atoms with Gasteiger partial charge in [-0.15, -0.1) is 0 Å². The molecular formula is C28H21N3O3. The highest BCUT2D eigenvalue weighted by Crippen LogP contribution is 2.30. The van der Waals surface area contributed by atoms with Gasteiger partial charge in [-0.3, -0.25) is 9.59 Å². The van der Waals surface area contributed by atoms with Crippen LogP contribution in [0.2, 0.25) is 0 Å². The first-order chi connectivity index (χ1) is 16.7. The molecule has 0 aliphatic heterocycles. The molecule has 0 saturated carbocycles. The second-order valence-corrected chi connectivity index (χ2v) is 8.19. The number of hydrogen-bond donors (Lipinski definition) is 3.